The van der Waals surface area contributed by atoms with Crippen LogP contribution in [0.25, 0.3) is 17.2 Å². The van der Waals surface area contributed by atoms with Gasteiger partial charge in [-0.15, -0.1) is 0 Å². The molecule has 24 heavy (non-hydrogen) atoms. The maximum atomic E-state index is 11.5. The van der Waals surface area contributed by atoms with Crippen molar-refractivity contribution in [1.82, 2.24) is 4.98 Å². The quantitative estimate of drug-likeness (QED) is 0.398. The highest BCUT2D eigenvalue weighted by Gasteiger charge is 2.15. The molecule has 0 fully saturated rings. The number of oxazole rings is 1. The lowest BCUT2D eigenvalue weighted by Crippen LogP contribution is -1.96. The van der Waals surface area contributed by atoms with Gasteiger partial charge in [0.1, 0.15) is 16.2 Å². The van der Waals surface area contributed by atoms with Crippen molar-refractivity contribution in [3.63, 3.8) is 0 Å². The Morgan fingerprint density at radius 2 is 1.88 bits per heavy atom. The number of carboxylic acid groups (broad SMARTS) is 1. The molecule has 0 saturated carbocycles. The van der Waals surface area contributed by atoms with E-state index >= 15 is 0 Å². The fourth-order valence-electron chi connectivity index (χ4n) is 1.94. The summed E-state index contributed by atoms with van der Waals surface area (Å²) in [6.45, 7) is 0. The van der Waals surface area contributed by atoms with Crippen LogP contribution >= 0.6 is 43.6 Å². The predicted octanol–water partition coefficient (Wildman–Crippen LogP) is 5.28. The second-order valence-corrected chi connectivity index (χ2v) is 7.40. The molecule has 2 N–H and O–H groups in total. The summed E-state index contributed by atoms with van der Waals surface area (Å²) in [6, 6.07) is 10.5. The number of para-hydroxylation sites is 2. The van der Waals surface area contributed by atoms with Gasteiger partial charge in [0.05, 0.1) is 8.95 Å². The molecule has 0 radical (unpaired) electrons. The number of aromatic hydroxyl groups is 1. The molecule has 0 aliphatic carbocycles. The number of carboxylic acids is 1. The maximum absolute atomic E-state index is 11.5. The normalized spacial score (nSPS) is 11.8. The number of hydrogen-bond donors (Lipinski definition) is 2. The Labute approximate surface area is 157 Å². The van der Waals surface area contributed by atoms with Gasteiger partial charge in [0.25, 0.3) is 5.22 Å². The first-order chi connectivity index (χ1) is 11.4. The second kappa shape index (κ2) is 7.00. The number of fused-ring (bicyclic) bond motifs is 1. The van der Waals surface area contributed by atoms with E-state index < -0.39 is 5.97 Å². The minimum absolute atomic E-state index is 0.0473. The molecule has 5 nitrogen and oxygen atoms in total. The molecule has 0 unspecified atom stereocenters. The van der Waals surface area contributed by atoms with Crippen molar-refractivity contribution in [3.8, 4) is 5.75 Å². The van der Waals surface area contributed by atoms with E-state index in [0.717, 1.165) is 11.8 Å². The lowest BCUT2D eigenvalue weighted by molar-refractivity contribution is -0.131. The average molecular weight is 471 g/mol. The van der Waals surface area contributed by atoms with Crippen LogP contribution in [0.15, 0.2) is 59.9 Å². The van der Waals surface area contributed by atoms with Crippen molar-refractivity contribution < 1.29 is 19.4 Å². The molecular weight excluding hydrogens is 462 g/mol. The van der Waals surface area contributed by atoms with Crippen LogP contribution in [0.1, 0.15) is 5.56 Å². The molecule has 3 aromatic rings. The molecule has 0 atom stereocenters. The van der Waals surface area contributed by atoms with Crippen molar-refractivity contribution in [2.24, 2.45) is 0 Å². The lowest BCUT2D eigenvalue weighted by atomic mass is 10.2. The van der Waals surface area contributed by atoms with E-state index in [1.165, 1.54) is 6.08 Å². The molecule has 0 saturated heterocycles. The van der Waals surface area contributed by atoms with Crippen molar-refractivity contribution in [1.29, 1.82) is 0 Å². The van der Waals surface area contributed by atoms with Gasteiger partial charge in [-0.25, -0.2) is 9.78 Å². The number of carbonyl (C=O) groups is 1. The Balaban J connectivity index is 1.96. The Bertz CT molecular complexity index is 912. The number of phenolic OH excluding ortho intramolecular Hbond substituents is 1. The zero-order chi connectivity index (χ0) is 17.3. The van der Waals surface area contributed by atoms with E-state index in [0.29, 0.717) is 25.6 Å². The van der Waals surface area contributed by atoms with Crippen LogP contribution in [0.2, 0.25) is 0 Å². The van der Waals surface area contributed by atoms with E-state index in [-0.39, 0.29) is 15.9 Å². The van der Waals surface area contributed by atoms with Gasteiger partial charge in [-0.05, 0) is 79.5 Å². The second-order valence-electron chi connectivity index (χ2n) is 4.70. The molecule has 1 aromatic heterocycles. The number of thioether (sulfide) groups is 1. The highest BCUT2D eigenvalue weighted by atomic mass is 79.9. The largest absolute Gasteiger partial charge is 0.506 e. The zero-order valence-electron chi connectivity index (χ0n) is 11.9. The highest BCUT2D eigenvalue weighted by molar-refractivity contribution is 9.11. The molecule has 0 aliphatic heterocycles. The maximum Gasteiger partial charge on any atom is 0.342 e. The summed E-state index contributed by atoms with van der Waals surface area (Å²) in [6.07, 6.45) is 1.48. The van der Waals surface area contributed by atoms with Gasteiger partial charge in [-0.2, -0.15) is 0 Å². The summed E-state index contributed by atoms with van der Waals surface area (Å²) in [5, 5.41) is 19.4. The van der Waals surface area contributed by atoms with Gasteiger partial charge >= 0.3 is 5.97 Å². The van der Waals surface area contributed by atoms with Gasteiger partial charge in [-0.1, -0.05) is 12.1 Å². The number of benzene rings is 2. The summed E-state index contributed by atoms with van der Waals surface area (Å²) in [4.78, 5) is 15.8. The Morgan fingerprint density at radius 3 is 2.50 bits per heavy atom. The third kappa shape index (κ3) is 3.66. The Kier molecular flexibility index (Phi) is 4.98. The third-order valence-electron chi connectivity index (χ3n) is 3.02. The standard InChI is InChI=1S/C16H9Br2NO4S/c17-9-5-8(6-10(18)14(9)20)7-13(15(21)22)24-16-19-11-3-1-2-4-12(11)23-16/h1-7,20H,(H,21,22)/b13-7-. The zero-order valence-corrected chi connectivity index (χ0v) is 15.9. The van der Waals surface area contributed by atoms with Crippen LogP contribution < -0.4 is 0 Å². The van der Waals surface area contributed by atoms with Crippen LogP contribution in [0.5, 0.6) is 5.75 Å². The van der Waals surface area contributed by atoms with Crippen LogP contribution in [0, 0.1) is 0 Å². The lowest BCUT2D eigenvalue weighted by Gasteiger charge is -2.04. The van der Waals surface area contributed by atoms with Gasteiger partial charge in [0.15, 0.2) is 5.58 Å². The minimum Gasteiger partial charge on any atom is -0.506 e. The minimum atomic E-state index is -1.09. The summed E-state index contributed by atoms with van der Waals surface area (Å²) >= 11 is 7.36. The summed E-state index contributed by atoms with van der Waals surface area (Å²) < 4.78 is 6.46. The molecule has 0 aliphatic rings. The van der Waals surface area contributed by atoms with Crippen LogP contribution in [-0.4, -0.2) is 21.2 Å². The van der Waals surface area contributed by atoms with Crippen molar-refractivity contribution >= 4 is 66.8 Å². The number of halogens is 2. The molecule has 0 amide bonds. The Hall–Kier alpha value is -1.77. The molecule has 3 rings (SSSR count). The SMILES string of the molecule is O=C(O)/C(=C/c1cc(Br)c(O)c(Br)c1)Sc1nc2ccccc2o1. The fraction of sp³-hybridized carbons (Fsp3) is 0. The van der Waals surface area contributed by atoms with Gasteiger partial charge in [0, 0.05) is 0 Å². The highest BCUT2D eigenvalue weighted by Crippen LogP contribution is 2.36. The van der Waals surface area contributed by atoms with Crippen LogP contribution in [-0.2, 0) is 4.79 Å². The summed E-state index contributed by atoms with van der Waals surface area (Å²) in [7, 11) is 0. The first-order valence-corrected chi connectivity index (χ1v) is 9.00. The van der Waals surface area contributed by atoms with E-state index in [1.807, 2.05) is 12.1 Å². The van der Waals surface area contributed by atoms with E-state index in [2.05, 4.69) is 36.8 Å². The van der Waals surface area contributed by atoms with E-state index in [9.17, 15) is 15.0 Å². The summed E-state index contributed by atoms with van der Waals surface area (Å²) in [5.41, 5.74) is 1.87. The summed E-state index contributed by atoms with van der Waals surface area (Å²) in [5.74, 6) is -1.04. The number of nitrogens with zero attached hydrogens (tertiary/aromatic N) is 1. The van der Waals surface area contributed by atoms with Gasteiger partial charge < -0.3 is 14.6 Å². The van der Waals surface area contributed by atoms with Crippen molar-refractivity contribution in [3.05, 3.63) is 55.8 Å². The molecule has 0 spiro atoms. The number of phenols is 1. The molecule has 2 aromatic carbocycles. The van der Waals surface area contributed by atoms with Gasteiger partial charge in [-0.3, -0.25) is 0 Å². The smallest absolute Gasteiger partial charge is 0.342 e. The Morgan fingerprint density at radius 1 is 1.21 bits per heavy atom. The molecular formula is C16H9Br2NO4S. The van der Waals surface area contributed by atoms with E-state index in [4.69, 9.17) is 4.42 Å². The first-order valence-electron chi connectivity index (χ1n) is 6.60. The number of aromatic nitrogens is 1. The van der Waals surface area contributed by atoms with Gasteiger partial charge in [0.2, 0.25) is 0 Å². The van der Waals surface area contributed by atoms with Crippen molar-refractivity contribution in [2.45, 2.75) is 5.22 Å². The topological polar surface area (TPSA) is 83.6 Å². The predicted molar refractivity (Wildman–Crippen MR) is 99.0 cm³/mol. The van der Waals surface area contributed by atoms with Crippen LogP contribution in [0.4, 0.5) is 0 Å². The number of hydrogen-bond acceptors (Lipinski definition) is 5. The van der Waals surface area contributed by atoms with Crippen molar-refractivity contribution in [2.75, 3.05) is 0 Å². The molecule has 8 heteroatoms. The molecule has 122 valence electrons. The molecule has 0 bridgehead atoms. The first kappa shape index (κ1) is 17.1. The third-order valence-corrected chi connectivity index (χ3v) is 5.09. The fourth-order valence-corrected chi connectivity index (χ4v) is 3.91. The average Bonchev–Trinajstić information content (AvgIpc) is 2.94. The molecule has 1 heterocycles. The monoisotopic (exact) mass is 469 g/mol. The van der Waals surface area contributed by atoms with E-state index in [1.54, 1.807) is 24.3 Å². The van der Waals surface area contributed by atoms with Crippen LogP contribution in [0.3, 0.4) is 0 Å². The number of rotatable bonds is 4. The number of aliphatic carboxylic acids is 1.